The van der Waals surface area contributed by atoms with Crippen molar-refractivity contribution in [3.8, 4) is 0 Å². The topological polar surface area (TPSA) is 70.8 Å². The first-order valence-electron chi connectivity index (χ1n) is 7.12. The number of ether oxygens (including phenoxy) is 1. The molecular weight excluding hydrogens is 271 g/mol. The Morgan fingerprint density at radius 3 is 2.25 bits per heavy atom. The molecule has 0 heterocycles. The molecule has 0 aromatic rings. The van der Waals surface area contributed by atoms with Gasteiger partial charge in [0.2, 0.25) is 0 Å². The van der Waals surface area contributed by atoms with Crippen LogP contribution in [0.1, 0.15) is 0 Å². The Balaban J connectivity index is 0. The summed E-state index contributed by atoms with van der Waals surface area (Å²) in [7, 11) is 10.5. The first-order chi connectivity index (χ1) is 9.51. The van der Waals surface area contributed by atoms with Crippen LogP contribution in [0.4, 0.5) is 0 Å². The average molecular weight is 303 g/mol. The summed E-state index contributed by atoms with van der Waals surface area (Å²) in [5, 5.41) is 11.4. The van der Waals surface area contributed by atoms with Crippen molar-refractivity contribution in [2.45, 2.75) is 38.4 Å². The van der Waals surface area contributed by atoms with Gasteiger partial charge in [-0.25, -0.2) is 0 Å². The van der Waals surface area contributed by atoms with E-state index in [1.807, 2.05) is 35.0 Å². The van der Waals surface area contributed by atoms with Gasteiger partial charge in [0.25, 0.3) is 0 Å². The molecule has 0 aromatic carbocycles. The van der Waals surface area contributed by atoms with Gasteiger partial charge in [-0.3, -0.25) is 5.09 Å². The molecule has 118 valence electrons. The first-order valence-corrected chi connectivity index (χ1v) is 7.70. The molecule has 0 bridgehead atoms. The summed E-state index contributed by atoms with van der Waals surface area (Å²) in [6.07, 6.45) is 1.85. The Bertz CT molecular complexity index is 190. The number of nitrogens with one attached hydrogen (secondary N) is 1. The fourth-order valence-corrected chi connectivity index (χ4v) is 1.57. The van der Waals surface area contributed by atoms with Crippen LogP contribution in [-0.4, -0.2) is 77.1 Å². The standard InChI is InChI=1S/C8H20BN2O.C4H12BNOP/c1-9-6-8(10)7-12-5-4-11(2)3;1-5-2-4(3-7)6-8/h8H,4-7,10H2,1-3H3;4,6-7H,2-3,8H2,1H3/t8-;4-/m00/s1. The van der Waals surface area contributed by atoms with Gasteiger partial charge >= 0.3 is 0 Å². The summed E-state index contributed by atoms with van der Waals surface area (Å²) >= 11 is 0. The molecule has 0 aliphatic carbocycles. The van der Waals surface area contributed by atoms with Crippen LogP contribution in [0.25, 0.3) is 0 Å². The van der Waals surface area contributed by atoms with Gasteiger partial charge in [0, 0.05) is 18.6 Å². The molecule has 0 rings (SSSR count). The number of rotatable bonds is 11. The zero-order valence-electron chi connectivity index (χ0n) is 13.5. The van der Waals surface area contributed by atoms with E-state index in [2.05, 4.69) is 26.7 Å². The third-order valence-corrected chi connectivity index (χ3v) is 3.00. The van der Waals surface area contributed by atoms with Crippen molar-refractivity contribution in [2.24, 2.45) is 5.73 Å². The minimum atomic E-state index is 0.164. The van der Waals surface area contributed by atoms with Crippen molar-refractivity contribution in [3.63, 3.8) is 0 Å². The summed E-state index contributed by atoms with van der Waals surface area (Å²) in [5.74, 6) is 0. The molecule has 20 heavy (non-hydrogen) atoms. The molecule has 0 saturated carbocycles. The van der Waals surface area contributed by atoms with E-state index < -0.39 is 0 Å². The molecule has 0 aromatic heterocycles. The van der Waals surface area contributed by atoms with E-state index >= 15 is 0 Å². The summed E-state index contributed by atoms with van der Waals surface area (Å²) in [5.41, 5.74) is 5.73. The van der Waals surface area contributed by atoms with Gasteiger partial charge in [0.1, 0.15) is 14.6 Å². The minimum Gasteiger partial charge on any atom is -0.395 e. The monoisotopic (exact) mass is 303 g/mol. The normalized spacial score (nSPS) is 13.4. The van der Waals surface area contributed by atoms with E-state index in [4.69, 9.17) is 15.6 Å². The number of aliphatic hydroxyl groups is 1. The second-order valence-corrected chi connectivity index (χ2v) is 5.31. The summed E-state index contributed by atoms with van der Waals surface area (Å²) in [4.78, 5) is 2.09. The average Bonchev–Trinajstić information content (AvgIpc) is 2.42. The number of aliphatic hydroxyl groups excluding tert-OH is 1. The predicted octanol–water partition coefficient (Wildman–Crippen LogP) is -0.0399. The second-order valence-electron chi connectivity index (χ2n) is 4.97. The van der Waals surface area contributed by atoms with Gasteiger partial charge in [-0.05, 0) is 14.1 Å². The van der Waals surface area contributed by atoms with Crippen molar-refractivity contribution in [1.29, 1.82) is 0 Å². The lowest BCUT2D eigenvalue weighted by Crippen LogP contribution is -2.28. The molecule has 2 radical (unpaired) electrons. The molecule has 0 aliphatic rings. The number of nitrogens with zero attached hydrogens (tertiary/aromatic N) is 1. The fourth-order valence-electron chi connectivity index (χ4n) is 1.33. The Kier molecular flexibility index (Phi) is 19.7. The predicted molar refractivity (Wildman–Crippen MR) is 93.9 cm³/mol. The molecule has 3 atom stereocenters. The second kappa shape index (κ2) is 17.4. The fraction of sp³-hybridized carbons (Fsp3) is 1.00. The van der Waals surface area contributed by atoms with E-state index in [9.17, 15) is 0 Å². The molecule has 0 spiro atoms. The summed E-state index contributed by atoms with van der Waals surface area (Å²) in [6.45, 7) is 6.59. The maximum Gasteiger partial charge on any atom is 0.107 e. The Hall–Kier alpha value is 0.360. The lowest BCUT2D eigenvalue weighted by Gasteiger charge is -2.13. The van der Waals surface area contributed by atoms with Crippen LogP contribution in [-0.2, 0) is 4.74 Å². The van der Waals surface area contributed by atoms with Crippen molar-refractivity contribution < 1.29 is 9.84 Å². The smallest absolute Gasteiger partial charge is 0.107 e. The van der Waals surface area contributed by atoms with E-state index in [0.717, 1.165) is 25.8 Å². The largest absolute Gasteiger partial charge is 0.395 e. The van der Waals surface area contributed by atoms with Crippen LogP contribution in [0.3, 0.4) is 0 Å². The molecule has 8 heteroatoms. The van der Waals surface area contributed by atoms with Crippen LogP contribution >= 0.6 is 9.39 Å². The highest BCUT2D eigenvalue weighted by Crippen LogP contribution is 1.91. The number of likely N-dealkylation sites (N-methyl/N-ethyl adjacent to an activating group) is 1. The molecule has 0 fully saturated rings. The minimum absolute atomic E-state index is 0.164. The van der Waals surface area contributed by atoms with E-state index in [0.29, 0.717) is 6.61 Å². The van der Waals surface area contributed by atoms with Gasteiger partial charge < -0.3 is 20.5 Å². The molecule has 0 saturated heterocycles. The zero-order valence-corrected chi connectivity index (χ0v) is 14.7. The maximum absolute atomic E-state index is 8.56. The molecule has 4 N–H and O–H groups in total. The number of hydrogen-bond donors (Lipinski definition) is 3. The van der Waals surface area contributed by atoms with Crippen LogP contribution in [0.2, 0.25) is 26.3 Å². The van der Waals surface area contributed by atoms with Crippen LogP contribution in [0, 0.1) is 0 Å². The molecule has 1 unspecified atom stereocenters. The molecule has 0 aliphatic heterocycles. The third-order valence-electron chi connectivity index (χ3n) is 2.53. The van der Waals surface area contributed by atoms with E-state index in [-0.39, 0.29) is 18.7 Å². The lowest BCUT2D eigenvalue weighted by atomic mass is 9.75. The van der Waals surface area contributed by atoms with Crippen molar-refractivity contribution in [1.82, 2.24) is 9.99 Å². The SMILES string of the molecule is C[B]C[C@@H](CO)NP.C[B]C[C@H](N)COCCN(C)C. The third kappa shape index (κ3) is 18.4. The van der Waals surface area contributed by atoms with Crippen LogP contribution in [0.5, 0.6) is 0 Å². The van der Waals surface area contributed by atoms with Crippen molar-refractivity contribution in [3.05, 3.63) is 0 Å². The van der Waals surface area contributed by atoms with Gasteiger partial charge in [0.05, 0.1) is 19.8 Å². The molecule has 0 amide bonds. The molecular formula is C12H32B2N3O2P. The van der Waals surface area contributed by atoms with Gasteiger partial charge in [-0.2, -0.15) is 0 Å². The maximum atomic E-state index is 8.56. The highest BCUT2D eigenvalue weighted by atomic mass is 31.0. The highest BCUT2D eigenvalue weighted by Gasteiger charge is 2.01. The van der Waals surface area contributed by atoms with E-state index in [1.165, 1.54) is 0 Å². The lowest BCUT2D eigenvalue weighted by molar-refractivity contribution is 0.109. The Morgan fingerprint density at radius 2 is 1.90 bits per heavy atom. The Morgan fingerprint density at radius 1 is 1.30 bits per heavy atom. The van der Waals surface area contributed by atoms with Gasteiger partial charge in [-0.1, -0.05) is 35.7 Å². The van der Waals surface area contributed by atoms with E-state index in [1.54, 1.807) is 0 Å². The summed E-state index contributed by atoms with van der Waals surface area (Å²) < 4.78 is 5.37. The number of nitrogens with two attached hydrogens (primary N) is 1. The van der Waals surface area contributed by atoms with Crippen LogP contribution in [0.15, 0.2) is 0 Å². The Labute approximate surface area is 129 Å². The van der Waals surface area contributed by atoms with Crippen molar-refractivity contribution in [2.75, 3.05) is 40.5 Å². The highest BCUT2D eigenvalue weighted by molar-refractivity contribution is 7.13. The number of hydrogen-bond acceptors (Lipinski definition) is 5. The van der Waals surface area contributed by atoms with Gasteiger partial charge in [-0.15, -0.1) is 0 Å². The molecule has 5 nitrogen and oxygen atoms in total. The first kappa shape index (κ1) is 22.6. The van der Waals surface area contributed by atoms with Gasteiger partial charge in [0.15, 0.2) is 0 Å². The van der Waals surface area contributed by atoms with Crippen molar-refractivity contribution >= 4 is 23.9 Å². The zero-order chi connectivity index (χ0) is 15.8. The van der Waals surface area contributed by atoms with Crippen LogP contribution < -0.4 is 10.8 Å². The quantitative estimate of drug-likeness (QED) is 0.284. The summed E-state index contributed by atoms with van der Waals surface area (Å²) in [6, 6.07) is 0.377.